The van der Waals surface area contributed by atoms with Crippen LogP contribution in [0, 0.1) is 23.7 Å². The molecule has 0 aromatic rings. The van der Waals surface area contributed by atoms with E-state index in [0.29, 0.717) is 37.6 Å². The van der Waals surface area contributed by atoms with Gasteiger partial charge in [0, 0.05) is 13.0 Å². The lowest BCUT2D eigenvalue weighted by atomic mass is 9.88. The molecule has 2 aliphatic rings. The van der Waals surface area contributed by atoms with Crippen LogP contribution in [0.15, 0.2) is 47.6 Å². The maximum absolute atomic E-state index is 11.8. The summed E-state index contributed by atoms with van der Waals surface area (Å²) >= 11 is 0. The van der Waals surface area contributed by atoms with E-state index in [2.05, 4.69) is 51.7 Å². The first-order valence-electron chi connectivity index (χ1n) is 14.6. The van der Waals surface area contributed by atoms with Crippen LogP contribution in [-0.2, 0) is 23.7 Å². The maximum Gasteiger partial charge on any atom is 0.335 e. The molecule has 0 aromatic heterocycles. The predicted molar refractivity (Wildman–Crippen MR) is 153 cm³/mol. The molecule has 1 aliphatic heterocycles. The van der Waals surface area contributed by atoms with Crippen LogP contribution >= 0.6 is 0 Å². The highest BCUT2D eigenvalue weighted by atomic mass is 16.7. The van der Waals surface area contributed by atoms with Crippen molar-refractivity contribution in [3.05, 3.63) is 47.6 Å². The molecule has 0 spiro atoms. The number of allylic oxidation sites excluding steroid dienone is 6. The number of unbranched alkanes of at least 4 members (excludes halogenated alkanes) is 2. The summed E-state index contributed by atoms with van der Waals surface area (Å²) in [4.78, 5) is 11.8. The monoisotopic (exact) mass is 532 g/mol. The number of ether oxygens (including phenoxy) is 4. The Morgan fingerprint density at radius 1 is 1.11 bits per heavy atom. The van der Waals surface area contributed by atoms with E-state index in [-0.39, 0.29) is 18.1 Å². The molecule has 3 unspecified atom stereocenters. The summed E-state index contributed by atoms with van der Waals surface area (Å²) in [5.41, 5.74) is 3.00. The third-order valence-electron chi connectivity index (χ3n) is 7.69. The molecule has 216 valence electrons. The Balaban J connectivity index is 1.67. The van der Waals surface area contributed by atoms with Crippen molar-refractivity contribution in [3.8, 4) is 0 Å². The Hall–Kier alpha value is -1.73. The van der Waals surface area contributed by atoms with E-state index in [4.69, 9.17) is 24.1 Å². The van der Waals surface area contributed by atoms with Crippen LogP contribution in [0.1, 0.15) is 78.6 Å². The van der Waals surface area contributed by atoms with Crippen LogP contribution in [0.25, 0.3) is 0 Å². The molecule has 0 radical (unpaired) electrons. The zero-order valence-corrected chi connectivity index (χ0v) is 24.3. The van der Waals surface area contributed by atoms with Gasteiger partial charge < -0.3 is 24.1 Å². The molecule has 0 amide bonds. The van der Waals surface area contributed by atoms with Crippen molar-refractivity contribution in [3.63, 3.8) is 0 Å². The number of carbonyl (C=O) groups excluding carboxylic acids is 1. The standard InChI is InChI=1S/C32H52O6/c1-6-7-8-10-27-11-9-12-29(18-17-27)25(3)15-13-24(2)14-16-28-20-37-32(38-21-28)30(22-35-5)23-36-31(34)26(4)19-33/h11-12,17-18,24-25,28,30,32-33H,4,6-10,13-16,19-23H2,1-3,5H3. The zero-order valence-electron chi connectivity index (χ0n) is 24.3. The Bertz CT molecular complexity index is 790. The molecule has 1 heterocycles. The summed E-state index contributed by atoms with van der Waals surface area (Å²) in [6, 6.07) is 0. The molecule has 0 aromatic carbocycles. The molecule has 1 saturated heterocycles. The number of rotatable bonds is 18. The zero-order chi connectivity index (χ0) is 27.8. The fraction of sp³-hybridized carbons (Fsp3) is 0.719. The molecular weight excluding hydrogens is 480 g/mol. The number of aliphatic hydroxyl groups excluding tert-OH is 1. The lowest BCUT2D eigenvalue weighted by Gasteiger charge is -2.34. The first kappa shape index (κ1) is 32.5. The fourth-order valence-corrected chi connectivity index (χ4v) is 4.95. The number of aliphatic hydroxyl groups is 1. The van der Waals surface area contributed by atoms with Crippen LogP contribution in [0.3, 0.4) is 0 Å². The van der Waals surface area contributed by atoms with Gasteiger partial charge in [-0.25, -0.2) is 4.79 Å². The first-order valence-corrected chi connectivity index (χ1v) is 14.6. The summed E-state index contributed by atoms with van der Waals surface area (Å²) in [5, 5.41) is 9.03. The van der Waals surface area contributed by atoms with E-state index in [1.165, 1.54) is 49.7 Å². The van der Waals surface area contributed by atoms with Gasteiger partial charge >= 0.3 is 5.97 Å². The van der Waals surface area contributed by atoms with E-state index in [0.717, 1.165) is 19.3 Å². The molecule has 1 N–H and O–H groups in total. The third-order valence-corrected chi connectivity index (χ3v) is 7.69. The van der Waals surface area contributed by atoms with Crippen molar-refractivity contribution in [1.29, 1.82) is 0 Å². The van der Waals surface area contributed by atoms with Gasteiger partial charge in [-0.05, 0) is 49.5 Å². The average Bonchev–Trinajstić information content (AvgIpc) is 3.18. The first-order chi connectivity index (χ1) is 18.4. The van der Waals surface area contributed by atoms with E-state index in [9.17, 15) is 4.79 Å². The Labute approximate surface area is 231 Å². The smallest absolute Gasteiger partial charge is 0.335 e. The van der Waals surface area contributed by atoms with Gasteiger partial charge in [0.1, 0.15) is 6.61 Å². The van der Waals surface area contributed by atoms with E-state index in [1.54, 1.807) is 7.11 Å². The van der Waals surface area contributed by atoms with Crippen LogP contribution in [0.4, 0.5) is 0 Å². The molecule has 0 saturated carbocycles. The van der Waals surface area contributed by atoms with Gasteiger partial charge in [0.25, 0.3) is 0 Å². The second kappa shape index (κ2) is 18.5. The highest BCUT2D eigenvalue weighted by Gasteiger charge is 2.30. The van der Waals surface area contributed by atoms with Crippen LogP contribution in [0.2, 0.25) is 0 Å². The Morgan fingerprint density at radius 2 is 1.87 bits per heavy atom. The number of carbonyl (C=O) groups is 1. The highest BCUT2D eigenvalue weighted by Crippen LogP contribution is 2.28. The molecule has 1 aliphatic carbocycles. The van der Waals surface area contributed by atoms with Crippen molar-refractivity contribution in [1.82, 2.24) is 0 Å². The molecule has 6 nitrogen and oxygen atoms in total. The van der Waals surface area contributed by atoms with Crippen molar-refractivity contribution >= 4 is 5.97 Å². The minimum atomic E-state index is -0.610. The molecule has 0 bridgehead atoms. The van der Waals surface area contributed by atoms with Gasteiger partial charge in [-0.2, -0.15) is 0 Å². The third kappa shape index (κ3) is 12.0. The summed E-state index contributed by atoms with van der Waals surface area (Å²) in [7, 11) is 1.60. The maximum atomic E-state index is 11.8. The highest BCUT2D eigenvalue weighted by molar-refractivity contribution is 5.87. The lowest BCUT2D eigenvalue weighted by molar-refractivity contribution is -0.237. The van der Waals surface area contributed by atoms with Crippen LogP contribution in [-0.4, -0.2) is 57.5 Å². The minimum absolute atomic E-state index is 0.0293. The van der Waals surface area contributed by atoms with E-state index in [1.807, 2.05) is 0 Å². The molecular formula is C32H52O6. The van der Waals surface area contributed by atoms with Crippen molar-refractivity contribution in [2.75, 3.05) is 40.1 Å². The second-order valence-corrected chi connectivity index (χ2v) is 11.1. The number of esters is 1. The molecule has 1 fully saturated rings. The van der Waals surface area contributed by atoms with Gasteiger partial charge in [0.2, 0.25) is 0 Å². The van der Waals surface area contributed by atoms with Gasteiger partial charge in [0.15, 0.2) is 6.29 Å². The second-order valence-electron chi connectivity index (χ2n) is 11.1. The summed E-state index contributed by atoms with van der Waals surface area (Å²) in [6.45, 7) is 11.8. The Morgan fingerprint density at radius 3 is 2.55 bits per heavy atom. The predicted octanol–water partition coefficient (Wildman–Crippen LogP) is 6.56. The largest absolute Gasteiger partial charge is 0.462 e. The summed E-state index contributed by atoms with van der Waals surface area (Å²) < 4.78 is 22.5. The SMILES string of the molecule is C=C(CO)C(=O)OCC(COC)C1OCC(CCC(C)CCC(C)C2=CCC=C(CCCCC)C=C2)CO1. The molecule has 6 heteroatoms. The Kier molecular flexibility index (Phi) is 15.8. The summed E-state index contributed by atoms with van der Waals surface area (Å²) in [5.74, 6) is 0.775. The van der Waals surface area contributed by atoms with Crippen molar-refractivity contribution in [2.24, 2.45) is 23.7 Å². The van der Waals surface area contributed by atoms with Crippen LogP contribution < -0.4 is 0 Å². The lowest BCUT2D eigenvalue weighted by Crippen LogP contribution is -2.41. The topological polar surface area (TPSA) is 74.2 Å². The molecule has 38 heavy (non-hydrogen) atoms. The molecule has 3 atom stereocenters. The summed E-state index contributed by atoms with van der Waals surface area (Å²) in [6.07, 6.45) is 19.8. The van der Waals surface area contributed by atoms with E-state index < -0.39 is 18.9 Å². The van der Waals surface area contributed by atoms with Gasteiger partial charge in [0.05, 0.1) is 37.9 Å². The van der Waals surface area contributed by atoms with Crippen LogP contribution in [0.5, 0.6) is 0 Å². The van der Waals surface area contributed by atoms with Crippen molar-refractivity contribution < 1.29 is 28.8 Å². The quantitative estimate of drug-likeness (QED) is 0.122. The molecule has 2 rings (SSSR count). The normalized spacial score (nSPS) is 22.1. The van der Waals surface area contributed by atoms with Gasteiger partial charge in [-0.15, -0.1) is 0 Å². The van der Waals surface area contributed by atoms with E-state index >= 15 is 0 Å². The number of methoxy groups -OCH3 is 1. The number of hydrogen-bond donors (Lipinski definition) is 1. The van der Waals surface area contributed by atoms with Crippen molar-refractivity contribution in [2.45, 2.75) is 84.8 Å². The average molecular weight is 533 g/mol. The van der Waals surface area contributed by atoms with Gasteiger partial charge in [-0.3, -0.25) is 0 Å². The van der Waals surface area contributed by atoms with Gasteiger partial charge in [-0.1, -0.05) is 82.9 Å². The fourth-order valence-electron chi connectivity index (χ4n) is 4.95. The number of hydrogen-bond acceptors (Lipinski definition) is 6. The minimum Gasteiger partial charge on any atom is -0.462 e.